The average molecular weight is 203 g/mol. The first-order valence-electron chi connectivity index (χ1n) is 5.49. The maximum absolute atomic E-state index is 4.55. The smallest absolute Gasteiger partial charge is 0.128 e. The molecule has 0 aromatic carbocycles. The van der Waals surface area contributed by atoms with E-state index in [1.807, 2.05) is 13.2 Å². The van der Waals surface area contributed by atoms with Gasteiger partial charge in [0.05, 0.1) is 0 Å². The van der Waals surface area contributed by atoms with Gasteiger partial charge in [0, 0.05) is 31.1 Å². The minimum atomic E-state index is 0.954. The summed E-state index contributed by atoms with van der Waals surface area (Å²) in [5.41, 5.74) is 3.59. The van der Waals surface area contributed by atoms with Crippen LogP contribution in [0.2, 0.25) is 0 Å². The molecule has 0 radical (unpaired) electrons. The summed E-state index contributed by atoms with van der Waals surface area (Å²) < 4.78 is 0. The van der Waals surface area contributed by atoms with Gasteiger partial charge >= 0.3 is 0 Å². The summed E-state index contributed by atoms with van der Waals surface area (Å²) in [6.07, 6.45) is 5.50. The lowest BCUT2D eigenvalue weighted by atomic mass is 10.0. The molecule has 0 aliphatic carbocycles. The first-order valence-corrected chi connectivity index (χ1v) is 5.49. The molecule has 0 fully saturated rings. The third-order valence-corrected chi connectivity index (χ3v) is 2.77. The molecule has 1 aliphatic heterocycles. The van der Waals surface area contributed by atoms with E-state index in [1.54, 1.807) is 0 Å². The Labute approximate surface area is 90.6 Å². The lowest BCUT2D eigenvalue weighted by molar-refractivity contribution is 0.738. The summed E-state index contributed by atoms with van der Waals surface area (Å²) in [7, 11) is 1.90. The van der Waals surface area contributed by atoms with E-state index in [9.17, 15) is 0 Å². The number of nitrogens with one attached hydrogen (secondary N) is 1. The maximum Gasteiger partial charge on any atom is 0.128 e. The summed E-state index contributed by atoms with van der Waals surface area (Å²) in [4.78, 5) is 8.93. The van der Waals surface area contributed by atoms with E-state index in [4.69, 9.17) is 0 Å². The fourth-order valence-electron chi connectivity index (χ4n) is 1.93. The topological polar surface area (TPSA) is 37.3 Å². The Morgan fingerprint density at radius 2 is 2.20 bits per heavy atom. The lowest BCUT2D eigenvalue weighted by Gasteiger charge is -2.13. The van der Waals surface area contributed by atoms with Crippen LogP contribution < -0.4 is 5.32 Å². The third-order valence-electron chi connectivity index (χ3n) is 2.77. The fraction of sp³-hybridized carbons (Fsp3) is 0.500. The van der Waals surface area contributed by atoms with Gasteiger partial charge in [-0.3, -0.25) is 4.99 Å². The molecule has 0 saturated carbocycles. The Morgan fingerprint density at radius 3 is 2.80 bits per heavy atom. The van der Waals surface area contributed by atoms with Gasteiger partial charge in [-0.05, 0) is 37.8 Å². The van der Waals surface area contributed by atoms with Crippen molar-refractivity contribution in [2.24, 2.45) is 4.99 Å². The second kappa shape index (κ2) is 4.43. The van der Waals surface area contributed by atoms with Crippen LogP contribution in [0.4, 0.5) is 5.82 Å². The van der Waals surface area contributed by atoms with Crippen LogP contribution >= 0.6 is 0 Å². The molecule has 1 aromatic heterocycles. The Hall–Kier alpha value is -1.38. The monoisotopic (exact) mass is 203 g/mol. The molecule has 3 heteroatoms. The van der Waals surface area contributed by atoms with Crippen molar-refractivity contribution in [3.63, 3.8) is 0 Å². The molecule has 1 aromatic rings. The van der Waals surface area contributed by atoms with Gasteiger partial charge in [-0.15, -0.1) is 0 Å². The van der Waals surface area contributed by atoms with Crippen LogP contribution in [-0.2, 0) is 0 Å². The van der Waals surface area contributed by atoms with Crippen LogP contribution in [0, 0.1) is 6.92 Å². The van der Waals surface area contributed by atoms with Gasteiger partial charge < -0.3 is 5.32 Å². The zero-order valence-electron chi connectivity index (χ0n) is 9.38. The Bertz CT molecular complexity index is 382. The highest BCUT2D eigenvalue weighted by Gasteiger charge is 2.09. The predicted octanol–water partition coefficient (Wildman–Crippen LogP) is 2.40. The number of aryl methyl sites for hydroxylation is 1. The third kappa shape index (κ3) is 2.17. The number of nitrogens with zero attached hydrogens (tertiary/aromatic N) is 2. The number of rotatable bonds is 2. The standard InChI is InChI=1S/C12H17N3/c1-9-7-10(8-15-12(9)13-2)11-5-3-4-6-14-11/h7-8H,3-6H2,1-2H3,(H,13,15). The quantitative estimate of drug-likeness (QED) is 0.801. The number of aliphatic imine (C=N–C) groups is 1. The van der Waals surface area contributed by atoms with E-state index >= 15 is 0 Å². The zero-order valence-corrected chi connectivity index (χ0v) is 9.38. The summed E-state index contributed by atoms with van der Waals surface area (Å²) in [6, 6.07) is 2.17. The summed E-state index contributed by atoms with van der Waals surface area (Å²) in [6.45, 7) is 3.05. The molecule has 0 spiro atoms. The van der Waals surface area contributed by atoms with Crippen molar-refractivity contribution >= 4 is 11.5 Å². The minimum absolute atomic E-state index is 0.954. The molecule has 80 valence electrons. The molecule has 3 nitrogen and oxygen atoms in total. The second-order valence-corrected chi connectivity index (χ2v) is 3.93. The molecule has 15 heavy (non-hydrogen) atoms. The molecule has 0 unspecified atom stereocenters. The largest absolute Gasteiger partial charge is 0.373 e. The van der Waals surface area contributed by atoms with E-state index in [2.05, 4.69) is 28.3 Å². The Kier molecular flexibility index (Phi) is 2.99. The van der Waals surface area contributed by atoms with Gasteiger partial charge in [-0.2, -0.15) is 0 Å². The van der Waals surface area contributed by atoms with Crippen LogP contribution in [0.5, 0.6) is 0 Å². The van der Waals surface area contributed by atoms with E-state index in [1.165, 1.54) is 29.7 Å². The zero-order chi connectivity index (χ0) is 10.7. The number of hydrogen-bond donors (Lipinski definition) is 1. The summed E-state index contributed by atoms with van der Waals surface area (Å²) >= 11 is 0. The van der Waals surface area contributed by atoms with Crippen molar-refractivity contribution < 1.29 is 0 Å². The van der Waals surface area contributed by atoms with Gasteiger partial charge in [-0.1, -0.05) is 0 Å². The van der Waals surface area contributed by atoms with Crippen molar-refractivity contribution in [2.75, 3.05) is 18.9 Å². The van der Waals surface area contributed by atoms with Crippen LogP contribution in [0.3, 0.4) is 0 Å². The van der Waals surface area contributed by atoms with Gasteiger partial charge in [-0.25, -0.2) is 4.98 Å². The molecule has 1 N–H and O–H groups in total. The normalized spacial score (nSPS) is 16.0. The van der Waals surface area contributed by atoms with Gasteiger partial charge in [0.2, 0.25) is 0 Å². The molecule has 0 saturated heterocycles. The van der Waals surface area contributed by atoms with Crippen molar-refractivity contribution in [3.05, 3.63) is 23.4 Å². The van der Waals surface area contributed by atoms with Crippen molar-refractivity contribution in [1.82, 2.24) is 4.98 Å². The van der Waals surface area contributed by atoms with Gasteiger partial charge in [0.15, 0.2) is 0 Å². The Morgan fingerprint density at radius 1 is 1.33 bits per heavy atom. The first-order chi connectivity index (χ1) is 7.31. The number of hydrogen-bond acceptors (Lipinski definition) is 3. The van der Waals surface area contributed by atoms with Crippen molar-refractivity contribution in [2.45, 2.75) is 26.2 Å². The highest BCUT2D eigenvalue weighted by atomic mass is 15.0. The van der Waals surface area contributed by atoms with Crippen LogP contribution in [0.15, 0.2) is 17.3 Å². The van der Waals surface area contributed by atoms with Crippen LogP contribution in [0.25, 0.3) is 0 Å². The maximum atomic E-state index is 4.55. The van der Waals surface area contributed by atoms with Gasteiger partial charge in [0.1, 0.15) is 5.82 Å². The van der Waals surface area contributed by atoms with E-state index < -0.39 is 0 Å². The lowest BCUT2D eigenvalue weighted by Crippen LogP contribution is -2.09. The molecular formula is C12H17N3. The molecule has 2 heterocycles. The molecule has 0 amide bonds. The van der Waals surface area contributed by atoms with Crippen LogP contribution in [-0.4, -0.2) is 24.3 Å². The second-order valence-electron chi connectivity index (χ2n) is 3.93. The molecule has 1 aliphatic rings. The van der Waals surface area contributed by atoms with Gasteiger partial charge in [0.25, 0.3) is 0 Å². The average Bonchev–Trinajstić information content (AvgIpc) is 2.30. The summed E-state index contributed by atoms with van der Waals surface area (Å²) in [5, 5.41) is 3.07. The van der Waals surface area contributed by atoms with E-state index in [0.29, 0.717) is 0 Å². The predicted molar refractivity (Wildman–Crippen MR) is 63.8 cm³/mol. The number of anilines is 1. The molecule has 2 rings (SSSR count). The molecule has 0 bridgehead atoms. The summed E-state index contributed by atoms with van der Waals surface area (Å²) in [5.74, 6) is 0.954. The number of aromatic nitrogens is 1. The van der Waals surface area contributed by atoms with E-state index in [0.717, 1.165) is 18.8 Å². The Balaban J connectivity index is 2.29. The van der Waals surface area contributed by atoms with Crippen molar-refractivity contribution in [1.29, 1.82) is 0 Å². The highest BCUT2D eigenvalue weighted by Crippen LogP contribution is 2.17. The molecule has 0 atom stereocenters. The fourth-order valence-corrected chi connectivity index (χ4v) is 1.93. The first kappa shape index (κ1) is 10.1. The SMILES string of the molecule is CNc1ncc(C2=NCCCC2)cc1C. The van der Waals surface area contributed by atoms with Crippen LogP contribution in [0.1, 0.15) is 30.4 Å². The number of pyridine rings is 1. The highest BCUT2D eigenvalue weighted by molar-refractivity contribution is 6.01. The van der Waals surface area contributed by atoms with E-state index in [-0.39, 0.29) is 0 Å². The molecular weight excluding hydrogens is 186 g/mol. The van der Waals surface area contributed by atoms with Crippen molar-refractivity contribution in [3.8, 4) is 0 Å². The minimum Gasteiger partial charge on any atom is -0.373 e.